The van der Waals surface area contributed by atoms with Gasteiger partial charge in [-0.3, -0.25) is 42.3 Å². The summed E-state index contributed by atoms with van der Waals surface area (Å²) in [5.74, 6) is 1.23. The Labute approximate surface area is 412 Å². The molecule has 0 saturated carbocycles. The molecular formula is C50H62N5O14PSi. The minimum atomic E-state index is -4.72. The van der Waals surface area contributed by atoms with Crippen LogP contribution in [0.15, 0.2) is 110 Å². The molecule has 19 nitrogen and oxygen atoms in total. The highest BCUT2D eigenvalue weighted by molar-refractivity contribution is 7.48. The summed E-state index contributed by atoms with van der Waals surface area (Å²) in [5, 5.41) is 9.29. The van der Waals surface area contributed by atoms with Gasteiger partial charge >= 0.3 is 19.2 Å². The highest BCUT2D eigenvalue weighted by atomic mass is 31.2. The van der Waals surface area contributed by atoms with Gasteiger partial charge in [-0.15, -0.1) is 0 Å². The van der Waals surface area contributed by atoms with Gasteiger partial charge in [-0.2, -0.15) is 5.26 Å². The van der Waals surface area contributed by atoms with Gasteiger partial charge in [0.2, 0.25) is 0 Å². The van der Waals surface area contributed by atoms with Crippen molar-refractivity contribution in [1.82, 2.24) is 19.1 Å². The minimum Gasteiger partial charge on any atom is -0.497 e. The number of phosphoric acid groups is 1. The number of aromatic nitrogens is 4. The maximum Gasteiger partial charge on any atom is 0.475 e. The molecule has 3 aromatic carbocycles. The van der Waals surface area contributed by atoms with Crippen LogP contribution in [0.2, 0.25) is 18.1 Å². The second-order valence-electron chi connectivity index (χ2n) is 19.0. The summed E-state index contributed by atoms with van der Waals surface area (Å²) in [5.41, 5.74) is -1.15. The fraction of sp³-hybridized carbons (Fsp3) is 0.460. The van der Waals surface area contributed by atoms with Crippen LogP contribution < -0.4 is 32.0 Å². The molecule has 2 aliphatic heterocycles. The molecule has 2 N–H and O–H groups in total. The van der Waals surface area contributed by atoms with Gasteiger partial charge in [0.25, 0.3) is 11.1 Å². The molecule has 2 aliphatic rings. The molecule has 4 heterocycles. The summed E-state index contributed by atoms with van der Waals surface area (Å²) >= 11 is 0. The van der Waals surface area contributed by atoms with E-state index in [0.29, 0.717) is 28.2 Å². The van der Waals surface area contributed by atoms with Crippen molar-refractivity contribution in [3.05, 3.63) is 161 Å². The van der Waals surface area contributed by atoms with Gasteiger partial charge < -0.3 is 28.1 Å². The van der Waals surface area contributed by atoms with Crippen molar-refractivity contribution >= 4 is 16.1 Å². The number of rotatable bonds is 20. The zero-order chi connectivity index (χ0) is 51.3. The summed E-state index contributed by atoms with van der Waals surface area (Å²) < 4.78 is 74.4. The van der Waals surface area contributed by atoms with E-state index in [4.69, 9.17) is 41.7 Å². The van der Waals surface area contributed by atoms with Gasteiger partial charge in [0, 0.05) is 36.4 Å². The molecule has 0 amide bonds. The van der Waals surface area contributed by atoms with Crippen molar-refractivity contribution in [2.45, 2.75) is 114 Å². The van der Waals surface area contributed by atoms with E-state index in [2.05, 4.69) is 43.8 Å². The van der Waals surface area contributed by atoms with Crippen LogP contribution in [0.25, 0.3) is 0 Å². The zero-order valence-electron chi connectivity index (χ0n) is 41.4. The second kappa shape index (κ2) is 22.0. The number of nitrogens with zero attached hydrogens (tertiary/aromatic N) is 3. The van der Waals surface area contributed by atoms with Crippen molar-refractivity contribution in [2.75, 3.05) is 34.0 Å². The summed E-state index contributed by atoms with van der Waals surface area (Å²) in [6.07, 6.45) is -3.14. The summed E-state index contributed by atoms with van der Waals surface area (Å²) in [7, 11) is -4.08. The predicted octanol–water partition coefficient (Wildman–Crippen LogP) is 7.14. The third kappa shape index (κ3) is 11.8. The van der Waals surface area contributed by atoms with Crippen LogP contribution >= 0.6 is 7.82 Å². The van der Waals surface area contributed by atoms with Crippen LogP contribution in [0.5, 0.6) is 11.5 Å². The van der Waals surface area contributed by atoms with E-state index in [1.54, 1.807) is 28.1 Å². The van der Waals surface area contributed by atoms with Crippen molar-refractivity contribution < 1.29 is 46.2 Å². The molecule has 0 radical (unpaired) electrons. The van der Waals surface area contributed by atoms with E-state index in [9.17, 15) is 24.4 Å². The Morgan fingerprint density at radius 2 is 1.20 bits per heavy atom. The number of hydrogen-bond donors (Lipinski definition) is 2. The second-order valence-corrected chi connectivity index (χ2v) is 25.4. The van der Waals surface area contributed by atoms with Gasteiger partial charge in [-0.25, -0.2) is 14.2 Å². The monoisotopic (exact) mass is 1020 g/mol. The van der Waals surface area contributed by atoms with Crippen molar-refractivity contribution in [1.29, 1.82) is 5.26 Å². The molecule has 2 aromatic heterocycles. The molecular weight excluding hydrogens is 954 g/mol. The standard InChI is InChI=1S/C50H62N5O14PSi/c1-32-28-54(47(58)52-45(32)56)43-26-39(41(66-43)30-63-50(34-14-11-10-12-15-34,35-16-20-37(61-6)21-17-35)36-18-22-38(62-7)23-19-36)68-70(60,64-25-13-24-51)65-31-42-40(69-71(8,9)49(3,4)5)27-44(67-42)55-29-33(2)46(57)53-48(55)59/h10-12,14-23,28-29,39-44H,13,25-27,30-31H2,1-9H3,(H,52,56,58)(H,53,57,59)/t39-,40-,41+,42+,43+,44+,70?/m0/s1. The first-order chi connectivity index (χ1) is 33.7. The van der Waals surface area contributed by atoms with Crippen molar-refractivity contribution in [3.63, 3.8) is 0 Å². The van der Waals surface area contributed by atoms with Gasteiger partial charge in [0.05, 0.1) is 52.6 Å². The first kappa shape index (κ1) is 53.1. The zero-order valence-corrected chi connectivity index (χ0v) is 43.3. The minimum absolute atomic E-state index is 0.106. The summed E-state index contributed by atoms with van der Waals surface area (Å²) in [6, 6.07) is 26.4. The van der Waals surface area contributed by atoms with Gasteiger partial charge in [0.1, 0.15) is 47.9 Å². The molecule has 21 heteroatoms. The first-order valence-corrected chi connectivity index (χ1v) is 27.6. The molecule has 380 valence electrons. The summed E-state index contributed by atoms with van der Waals surface area (Å²) in [4.78, 5) is 56.0. The number of phosphoric ester groups is 1. The van der Waals surface area contributed by atoms with E-state index >= 15 is 4.57 Å². The fourth-order valence-electron chi connectivity index (χ4n) is 8.35. The van der Waals surface area contributed by atoms with E-state index in [-0.39, 0.29) is 43.1 Å². The average molecular weight is 1020 g/mol. The molecule has 0 bridgehead atoms. The lowest BCUT2D eigenvalue weighted by atomic mass is 9.80. The summed E-state index contributed by atoms with van der Waals surface area (Å²) in [6.45, 7) is 12.5. The number of nitriles is 1. The number of H-pyrrole nitrogens is 2. The Bertz CT molecular complexity index is 2920. The molecule has 7 atom stereocenters. The fourth-order valence-corrected chi connectivity index (χ4v) is 11.1. The Morgan fingerprint density at radius 1 is 0.718 bits per heavy atom. The van der Waals surface area contributed by atoms with Crippen LogP contribution in [-0.4, -0.2) is 85.9 Å². The van der Waals surface area contributed by atoms with Crippen LogP contribution in [-0.2, 0) is 42.4 Å². The quantitative estimate of drug-likeness (QED) is 0.0341. The Morgan fingerprint density at radius 3 is 1.68 bits per heavy atom. The molecule has 2 saturated heterocycles. The SMILES string of the molecule is COc1ccc(C(OC[C@H]2O[C@@H](n3cc(C)c(=O)[nH]c3=O)C[C@@H]2OP(=O)(OCCC#N)OC[C@H]2O[C@@H](n3cc(C)c(=O)[nH]c3=O)C[C@@H]2O[Si](C)(C)C(C)(C)C)(c2ccccc2)c2ccc(OC)cc2)cc1. The lowest BCUT2D eigenvalue weighted by Gasteiger charge is -2.39. The van der Waals surface area contributed by atoms with Crippen LogP contribution in [0.1, 0.15) is 80.3 Å². The maximum atomic E-state index is 15.2. The Kier molecular flexibility index (Phi) is 16.4. The average Bonchev–Trinajstić information content (AvgIpc) is 3.93. The molecule has 7 rings (SSSR count). The van der Waals surface area contributed by atoms with Crippen LogP contribution in [0.4, 0.5) is 0 Å². The third-order valence-corrected chi connectivity index (χ3v) is 19.3. The van der Waals surface area contributed by atoms with Gasteiger partial charge in [-0.05, 0) is 72.9 Å². The van der Waals surface area contributed by atoms with Crippen molar-refractivity contribution in [2.24, 2.45) is 0 Å². The number of benzene rings is 3. The Balaban J connectivity index is 1.26. The van der Waals surface area contributed by atoms with Crippen molar-refractivity contribution in [3.8, 4) is 17.6 Å². The lowest BCUT2D eigenvalue weighted by molar-refractivity contribution is -0.0960. The van der Waals surface area contributed by atoms with E-state index in [1.165, 1.54) is 21.5 Å². The highest BCUT2D eigenvalue weighted by Gasteiger charge is 2.49. The molecule has 0 spiro atoms. The van der Waals surface area contributed by atoms with Gasteiger partial charge in [0.15, 0.2) is 8.32 Å². The van der Waals surface area contributed by atoms with E-state index in [1.807, 2.05) is 84.9 Å². The third-order valence-electron chi connectivity index (χ3n) is 13.3. The smallest absolute Gasteiger partial charge is 0.475 e. The molecule has 0 aliphatic carbocycles. The van der Waals surface area contributed by atoms with Gasteiger partial charge in [-0.1, -0.05) is 75.4 Å². The number of aryl methyl sites for hydroxylation is 2. The number of nitrogens with one attached hydrogen (secondary N) is 2. The Hall–Kier alpha value is -5.72. The maximum absolute atomic E-state index is 15.2. The number of methoxy groups -OCH3 is 2. The normalized spacial score (nSPS) is 21.4. The number of hydrogen-bond acceptors (Lipinski definition) is 15. The first-order valence-electron chi connectivity index (χ1n) is 23.3. The number of aromatic amines is 2. The molecule has 2 fully saturated rings. The molecule has 71 heavy (non-hydrogen) atoms. The number of ether oxygens (including phenoxy) is 5. The van der Waals surface area contributed by atoms with Crippen LogP contribution in [0.3, 0.4) is 0 Å². The van der Waals surface area contributed by atoms with E-state index < -0.39 is 87.7 Å². The van der Waals surface area contributed by atoms with Crippen LogP contribution in [0, 0.1) is 25.2 Å². The largest absolute Gasteiger partial charge is 0.497 e. The molecule has 5 aromatic rings. The molecule has 1 unspecified atom stereocenters. The van der Waals surface area contributed by atoms with E-state index in [0.717, 1.165) is 5.56 Å². The predicted molar refractivity (Wildman–Crippen MR) is 264 cm³/mol. The lowest BCUT2D eigenvalue weighted by Crippen LogP contribution is -2.46. The highest BCUT2D eigenvalue weighted by Crippen LogP contribution is 2.54. The topological polar surface area (TPSA) is 234 Å².